The molecule has 0 saturated carbocycles. The summed E-state index contributed by atoms with van der Waals surface area (Å²) in [5, 5.41) is 2.68. The van der Waals surface area contributed by atoms with E-state index in [4.69, 9.17) is 9.47 Å². The van der Waals surface area contributed by atoms with Crippen molar-refractivity contribution >= 4 is 5.57 Å². The highest BCUT2D eigenvalue weighted by Crippen LogP contribution is 2.51. The topological polar surface area (TPSA) is 33.7 Å². The van der Waals surface area contributed by atoms with Gasteiger partial charge >= 0.3 is 12.4 Å². The number of methoxy groups -OCH3 is 1. The summed E-state index contributed by atoms with van der Waals surface area (Å²) in [4.78, 5) is 1.48. The monoisotopic (exact) mass is 528 g/mol. The fraction of sp³-hybridized carbons (Fsp3) is 0.481. The van der Waals surface area contributed by atoms with E-state index in [1.54, 1.807) is 18.2 Å². The van der Waals surface area contributed by atoms with Gasteiger partial charge in [-0.1, -0.05) is 24.3 Å². The Morgan fingerprint density at radius 1 is 1.00 bits per heavy atom. The van der Waals surface area contributed by atoms with E-state index in [1.807, 2.05) is 31.2 Å². The number of halogens is 6. The van der Waals surface area contributed by atoms with Crippen LogP contribution in [0.2, 0.25) is 0 Å². The fourth-order valence-corrected chi connectivity index (χ4v) is 5.26. The lowest BCUT2D eigenvalue weighted by molar-refractivity contribution is -0.155. The van der Waals surface area contributed by atoms with Gasteiger partial charge in [-0.3, -0.25) is 4.90 Å². The number of nitrogens with zero attached hydrogens (tertiary/aromatic N) is 1. The molecule has 2 aliphatic rings. The number of alkyl halides is 6. The molecule has 37 heavy (non-hydrogen) atoms. The molecular weight excluding hydrogens is 498 g/mol. The molecular formula is C27H30F6N2O2. The summed E-state index contributed by atoms with van der Waals surface area (Å²) in [6.45, 7) is 0.829. The maximum atomic E-state index is 13.7. The van der Waals surface area contributed by atoms with E-state index in [0.29, 0.717) is 29.9 Å². The minimum Gasteiger partial charge on any atom is -0.496 e. The van der Waals surface area contributed by atoms with E-state index in [-0.39, 0.29) is 25.7 Å². The number of nitrogens with one attached hydrogen (secondary N) is 1. The van der Waals surface area contributed by atoms with Crippen LogP contribution in [0.15, 0.2) is 48.0 Å². The molecule has 1 aliphatic carbocycles. The second-order valence-corrected chi connectivity index (χ2v) is 9.45. The van der Waals surface area contributed by atoms with Gasteiger partial charge in [0.15, 0.2) is 0 Å². The molecule has 1 heterocycles. The molecule has 10 heteroatoms. The van der Waals surface area contributed by atoms with Gasteiger partial charge in [0.05, 0.1) is 26.1 Å². The van der Waals surface area contributed by atoms with E-state index in [9.17, 15) is 26.3 Å². The van der Waals surface area contributed by atoms with Crippen LogP contribution in [0.5, 0.6) is 11.5 Å². The van der Waals surface area contributed by atoms with Crippen LogP contribution in [0, 0.1) is 0 Å². The van der Waals surface area contributed by atoms with Crippen molar-refractivity contribution in [2.45, 2.75) is 50.6 Å². The summed E-state index contributed by atoms with van der Waals surface area (Å²) in [5.74, 6) is 0.862. The first-order valence-corrected chi connectivity index (χ1v) is 12.2. The van der Waals surface area contributed by atoms with Gasteiger partial charge in [0.1, 0.15) is 18.1 Å². The summed E-state index contributed by atoms with van der Waals surface area (Å²) in [5.41, 5.74) is 4.75. The van der Waals surface area contributed by atoms with Crippen LogP contribution in [0.1, 0.15) is 42.5 Å². The smallest absolute Gasteiger partial charge is 0.401 e. The van der Waals surface area contributed by atoms with Gasteiger partial charge in [-0.25, -0.2) is 0 Å². The summed E-state index contributed by atoms with van der Waals surface area (Å²) >= 11 is 0. The van der Waals surface area contributed by atoms with Crippen LogP contribution in [0.25, 0.3) is 5.57 Å². The molecule has 0 radical (unpaired) electrons. The molecule has 1 aliphatic heterocycles. The lowest BCUT2D eigenvalue weighted by Gasteiger charge is -2.43. The largest absolute Gasteiger partial charge is 0.496 e. The Balaban J connectivity index is 1.62. The second kappa shape index (κ2) is 10.9. The van der Waals surface area contributed by atoms with E-state index in [0.717, 1.165) is 22.3 Å². The predicted octanol–water partition coefficient (Wildman–Crippen LogP) is 6.32. The molecule has 2 aromatic carbocycles. The second-order valence-electron chi connectivity index (χ2n) is 9.45. The van der Waals surface area contributed by atoms with Gasteiger partial charge in [0.25, 0.3) is 0 Å². The first-order chi connectivity index (χ1) is 17.5. The fourth-order valence-electron chi connectivity index (χ4n) is 5.26. The SMILES string of the molecule is COc1ccc(OCCNCCC(F)(F)F)cc1[C@@H]1C2=C(C[C@@H](C)N1CC(F)(F)F)c1ccccc1C2. The van der Waals surface area contributed by atoms with Crippen LogP contribution in [-0.2, 0) is 6.42 Å². The first kappa shape index (κ1) is 27.3. The quantitative estimate of drug-likeness (QED) is 0.305. The number of ether oxygens (including phenoxy) is 2. The minimum atomic E-state index is -4.39. The lowest BCUT2D eigenvalue weighted by Crippen LogP contribution is -2.46. The van der Waals surface area contributed by atoms with Gasteiger partial charge in [-0.05, 0) is 60.2 Å². The summed E-state index contributed by atoms with van der Waals surface area (Å²) in [6.07, 6.45) is -8.49. The maximum absolute atomic E-state index is 13.7. The van der Waals surface area contributed by atoms with Gasteiger partial charge < -0.3 is 14.8 Å². The average molecular weight is 529 g/mol. The number of fused-ring (bicyclic) bond motifs is 2. The Hall–Kier alpha value is -2.72. The average Bonchev–Trinajstić information content (AvgIpc) is 3.18. The first-order valence-electron chi connectivity index (χ1n) is 12.2. The number of benzene rings is 2. The zero-order chi connectivity index (χ0) is 26.8. The molecule has 4 nitrogen and oxygen atoms in total. The zero-order valence-corrected chi connectivity index (χ0v) is 20.7. The van der Waals surface area contributed by atoms with Crippen molar-refractivity contribution in [3.05, 3.63) is 64.7 Å². The van der Waals surface area contributed by atoms with Crippen molar-refractivity contribution in [2.24, 2.45) is 0 Å². The van der Waals surface area contributed by atoms with Gasteiger partial charge in [-0.15, -0.1) is 0 Å². The molecule has 0 aromatic heterocycles. The molecule has 0 fully saturated rings. The molecule has 0 spiro atoms. The third kappa shape index (κ3) is 6.59. The zero-order valence-electron chi connectivity index (χ0n) is 20.7. The van der Waals surface area contributed by atoms with Crippen LogP contribution in [-0.4, -0.2) is 56.6 Å². The molecule has 202 valence electrons. The minimum absolute atomic E-state index is 0.107. The van der Waals surface area contributed by atoms with Gasteiger partial charge in [0.2, 0.25) is 0 Å². The van der Waals surface area contributed by atoms with Crippen molar-refractivity contribution in [3.63, 3.8) is 0 Å². The summed E-state index contributed by atoms with van der Waals surface area (Å²) in [6, 6.07) is 11.9. The van der Waals surface area contributed by atoms with Crippen molar-refractivity contribution < 1.29 is 35.8 Å². The maximum Gasteiger partial charge on any atom is 0.401 e. The lowest BCUT2D eigenvalue weighted by atomic mass is 9.84. The molecule has 4 rings (SSSR count). The van der Waals surface area contributed by atoms with Gasteiger partial charge in [0, 0.05) is 24.7 Å². The Labute approximate surface area is 212 Å². The number of hydrogen-bond acceptors (Lipinski definition) is 4. The van der Waals surface area contributed by atoms with E-state index >= 15 is 0 Å². The molecule has 0 saturated heterocycles. The van der Waals surface area contributed by atoms with Crippen LogP contribution in [0.3, 0.4) is 0 Å². The third-order valence-electron chi connectivity index (χ3n) is 6.83. The van der Waals surface area contributed by atoms with Crippen molar-refractivity contribution in [3.8, 4) is 11.5 Å². The number of rotatable bonds is 9. The third-order valence-corrected chi connectivity index (χ3v) is 6.83. The Bertz CT molecular complexity index is 1130. The Morgan fingerprint density at radius 2 is 1.76 bits per heavy atom. The summed E-state index contributed by atoms with van der Waals surface area (Å²) in [7, 11) is 1.48. The van der Waals surface area contributed by atoms with Crippen LogP contribution >= 0.6 is 0 Å². The van der Waals surface area contributed by atoms with Crippen molar-refractivity contribution in [1.29, 1.82) is 0 Å². The molecule has 0 amide bonds. The molecule has 1 N–H and O–H groups in total. The van der Waals surface area contributed by atoms with Crippen molar-refractivity contribution in [2.75, 3.05) is 33.4 Å². The highest BCUT2D eigenvalue weighted by Gasteiger charge is 2.44. The normalized spacial score (nSPS) is 20.1. The van der Waals surface area contributed by atoms with E-state index in [2.05, 4.69) is 5.32 Å². The molecule has 2 aromatic rings. The molecule has 2 atom stereocenters. The highest BCUT2D eigenvalue weighted by molar-refractivity contribution is 5.79. The molecule has 0 unspecified atom stereocenters. The van der Waals surface area contributed by atoms with E-state index in [1.165, 1.54) is 12.0 Å². The summed E-state index contributed by atoms with van der Waals surface area (Å²) < 4.78 is 89.4. The highest BCUT2D eigenvalue weighted by atomic mass is 19.4. The standard InChI is InChI=1S/C27H30F6N2O2/c1-17-13-21-20-6-4-3-5-18(20)14-22(21)25(35(17)16-27(31,32)33)23-15-19(7-8-24(23)36-2)37-12-11-34-10-9-26(28,29)30/h3-8,15,17,25,34H,9-14,16H2,1-2H3/t17-,25+/m1/s1. The van der Waals surface area contributed by atoms with Crippen LogP contribution < -0.4 is 14.8 Å². The predicted molar refractivity (Wildman–Crippen MR) is 129 cm³/mol. The Morgan fingerprint density at radius 3 is 2.46 bits per heavy atom. The van der Waals surface area contributed by atoms with Crippen molar-refractivity contribution in [1.82, 2.24) is 10.2 Å². The Kier molecular flexibility index (Phi) is 8.08. The number of hydrogen-bond donors (Lipinski definition) is 1. The molecule has 0 bridgehead atoms. The van der Waals surface area contributed by atoms with E-state index < -0.39 is 31.4 Å². The van der Waals surface area contributed by atoms with Gasteiger partial charge in [-0.2, -0.15) is 26.3 Å². The van der Waals surface area contributed by atoms with Crippen LogP contribution in [0.4, 0.5) is 26.3 Å².